The molecule has 0 aromatic heterocycles. The number of carbonyl (C=O) groups is 1. The van der Waals surface area contributed by atoms with Crippen LogP contribution < -0.4 is 0 Å². The van der Waals surface area contributed by atoms with Gasteiger partial charge in [0.05, 0.1) is 4.90 Å². The molecule has 0 bridgehead atoms. The second-order valence-electron chi connectivity index (χ2n) is 3.34. The van der Waals surface area contributed by atoms with Crippen molar-refractivity contribution in [2.75, 3.05) is 0 Å². The number of aryl methyl sites for hydroxylation is 1. The Morgan fingerprint density at radius 1 is 1.31 bits per heavy atom. The summed E-state index contributed by atoms with van der Waals surface area (Å²) in [6, 6.07) is 5.97. The van der Waals surface area contributed by atoms with Crippen LogP contribution in [0, 0.1) is 6.92 Å². The number of carboxylic acids is 1. The molecule has 0 aliphatic heterocycles. The van der Waals surface area contributed by atoms with E-state index in [0.29, 0.717) is 0 Å². The zero-order valence-electron chi connectivity index (χ0n) is 8.88. The summed E-state index contributed by atoms with van der Waals surface area (Å²) >= 11 is 0. The lowest BCUT2D eigenvalue weighted by atomic mass is 10.2. The number of hydrogen-bond acceptors (Lipinski definition) is 4. The van der Waals surface area contributed by atoms with Crippen molar-refractivity contribution in [3.8, 4) is 0 Å². The van der Waals surface area contributed by atoms with Gasteiger partial charge >= 0.3 is 5.97 Å². The largest absolute Gasteiger partial charge is 0.479 e. The first kappa shape index (κ1) is 12.7. The average Bonchev–Trinajstić information content (AvgIpc) is 2.17. The van der Waals surface area contributed by atoms with Crippen molar-refractivity contribution in [1.82, 2.24) is 0 Å². The standard InChI is InChI=1S/C10H12O5S/c1-7-3-5-9(6-4-7)16(13,14)15-8(2)10(11)12/h3-6,8H,1-2H3,(H,11,12)/t8-/m1/s1. The van der Waals surface area contributed by atoms with Crippen LogP contribution in [0.5, 0.6) is 0 Å². The van der Waals surface area contributed by atoms with Crippen LogP contribution in [0.1, 0.15) is 12.5 Å². The molecule has 0 saturated carbocycles. The van der Waals surface area contributed by atoms with Crippen molar-refractivity contribution >= 4 is 16.1 Å². The summed E-state index contributed by atoms with van der Waals surface area (Å²) in [4.78, 5) is 10.4. The van der Waals surface area contributed by atoms with Gasteiger partial charge in [-0.2, -0.15) is 8.42 Å². The Hall–Kier alpha value is -1.40. The van der Waals surface area contributed by atoms with Crippen LogP contribution in [-0.2, 0) is 19.1 Å². The van der Waals surface area contributed by atoms with Crippen LogP contribution in [0.25, 0.3) is 0 Å². The number of benzene rings is 1. The number of rotatable bonds is 4. The molecule has 0 saturated heterocycles. The predicted molar refractivity (Wildman–Crippen MR) is 56.5 cm³/mol. The van der Waals surface area contributed by atoms with Gasteiger partial charge in [0.1, 0.15) is 0 Å². The molecular weight excluding hydrogens is 232 g/mol. The van der Waals surface area contributed by atoms with Crippen LogP contribution in [0.15, 0.2) is 29.2 Å². The molecule has 0 heterocycles. The predicted octanol–water partition coefficient (Wildman–Crippen LogP) is 1.17. The quantitative estimate of drug-likeness (QED) is 0.804. The first-order valence-corrected chi connectivity index (χ1v) is 5.96. The minimum atomic E-state index is -4.00. The van der Waals surface area contributed by atoms with Crippen LogP contribution in [0.2, 0.25) is 0 Å². The molecule has 1 atom stereocenters. The highest BCUT2D eigenvalue weighted by atomic mass is 32.2. The molecule has 0 spiro atoms. The van der Waals surface area contributed by atoms with E-state index in [1.165, 1.54) is 12.1 Å². The van der Waals surface area contributed by atoms with Crippen LogP contribution in [0.3, 0.4) is 0 Å². The zero-order valence-corrected chi connectivity index (χ0v) is 9.69. The molecule has 0 fully saturated rings. The molecule has 16 heavy (non-hydrogen) atoms. The van der Waals surface area contributed by atoms with Crippen molar-refractivity contribution in [3.63, 3.8) is 0 Å². The maximum atomic E-state index is 11.6. The maximum absolute atomic E-state index is 11.6. The van der Waals surface area contributed by atoms with Crippen molar-refractivity contribution in [2.45, 2.75) is 24.8 Å². The second kappa shape index (κ2) is 4.63. The van der Waals surface area contributed by atoms with E-state index in [4.69, 9.17) is 5.11 Å². The normalized spacial score (nSPS) is 13.4. The highest BCUT2D eigenvalue weighted by molar-refractivity contribution is 7.86. The van der Waals surface area contributed by atoms with E-state index in [0.717, 1.165) is 12.5 Å². The van der Waals surface area contributed by atoms with Crippen LogP contribution >= 0.6 is 0 Å². The molecule has 0 unspecified atom stereocenters. The van der Waals surface area contributed by atoms with E-state index in [-0.39, 0.29) is 4.90 Å². The fourth-order valence-corrected chi connectivity index (χ4v) is 2.03. The Bertz CT molecular complexity index is 474. The highest BCUT2D eigenvalue weighted by Gasteiger charge is 2.22. The summed E-state index contributed by atoms with van der Waals surface area (Å²) in [7, 11) is -4.00. The van der Waals surface area contributed by atoms with Gasteiger partial charge in [-0.15, -0.1) is 0 Å². The molecule has 5 nitrogen and oxygen atoms in total. The SMILES string of the molecule is Cc1ccc(S(=O)(=O)O[C@H](C)C(=O)O)cc1. The van der Waals surface area contributed by atoms with Gasteiger partial charge < -0.3 is 5.11 Å². The van der Waals surface area contributed by atoms with Crippen molar-refractivity contribution in [1.29, 1.82) is 0 Å². The highest BCUT2D eigenvalue weighted by Crippen LogP contribution is 2.14. The third-order valence-corrected chi connectivity index (χ3v) is 3.32. The Kier molecular flexibility index (Phi) is 3.66. The first-order chi connectivity index (χ1) is 7.33. The smallest absolute Gasteiger partial charge is 0.334 e. The fourth-order valence-electron chi connectivity index (χ4n) is 0.992. The number of aliphatic carboxylic acids is 1. The van der Waals surface area contributed by atoms with E-state index in [1.54, 1.807) is 12.1 Å². The lowest BCUT2D eigenvalue weighted by molar-refractivity contribution is -0.144. The summed E-state index contributed by atoms with van der Waals surface area (Å²) in [5, 5.41) is 8.55. The van der Waals surface area contributed by atoms with E-state index >= 15 is 0 Å². The molecule has 0 amide bonds. The Balaban J connectivity index is 2.94. The molecule has 0 aliphatic rings. The van der Waals surface area contributed by atoms with Gasteiger partial charge in [-0.05, 0) is 26.0 Å². The molecule has 6 heteroatoms. The Morgan fingerprint density at radius 2 is 1.81 bits per heavy atom. The Morgan fingerprint density at radius 3 is 2.25 bits per heavy atom. The topological polar surface area (TPSA) is 80.7 Å². The second-order valence-corrected chi connectivity index (χ2v) is 4.92. The molecule has 1 aromatic carbocycles. The van der Waals surface area contributed by atoms with E-state index in [9.17, 15) is 13.2 Å². The molecule has 0 aliphatic carbocycles. The monoisotopic (exact) mass is 244 g/mol. The van der Waals surface area contributed by atoms with Gasteiger partial charge in [-0.3, -0.25) is 4.18 Å². The lowest BCUT2D eigenvalue weighted by Crippen LogP contribution is -2.23. The molecule has 88 valence electrons. The minimum absolute atomic E-state index is 0.0498. The van der Waals surface area contributed by atoms with Gasteiger partial charge in [0, 0.05) is 0 Å². The van der Waals surface area contributed by atoms with Gasteiger partial charge in [-0.1, -0.05) is 17.7 Å². The third-order valence-electron chi connectivity index (χ3n) is 1.93. The zero-order chi connectivity index (χ0) is 12.3. The molecule has 1 aromatic rings. The number of hydrogen-bond donors (Lipinski definition) is 1. The Labute approximate surface area is 93.8 Å². The lowest BCUT2D eigenvalue weighted by Gasteiger charge is -2.08. The summed E-state index contributed by atoms with van der Waals surface area (Å²) in [5.74, 6) is -1.32. The van der Waals surface area contributed by atoms with E-state index < -0.39 is 22.2 Å². The summed E-state index contributed by atoms with van der Waals surface area (Å²) in [5.41, 5.74) is 0.908. The summed E-state index contributed by atoms with van der Waals surface area (Å²) < 4.78 is 27.6. The van der Waals surface area contributed by atoms with Crippen LogP contribution in [0.4, 0.5) is 0 Å². The van der Waals surface area contributed by atoms with Crippen molar-refractivity contribution in [3.05, 3.63) is 29.8 Å². The third kappa shape index (κ3) is 3.04. The van der Waals surface area contributed by atoms with Crippen molar-refractivity contribution < 1.29 is 22.5 Å². The molecule has 1 rings (SSSR count). The number of carboxylic acid groups (broad SMARTS) is 1. The first-order valence-electron chi connectivity index (χ1n) is 4.55. The molecule has 1 N–H and O–H groups in total. The molecule has 0 radical (unpaired) electrons. The summed E-state index contributed by atoms with van der Waals surface area (Å²) in [6.07, 6.45) is -1.40. The van der Waals surface area contributed by atoms with E-state index in [1.807, 2.05) is 6.92 Å². The maximum Gasteiger partial charge on any atom is 0.334 e. The van der Waals surface area contributed by atoms with Gasteiger partial charge in [0.2, 0.25) is 0 Å². The van der Waals surface area contributed by atoms with Gasteiger partial charge in [-0.25, -0.2) is 4.79 Å². The van der Waals surface area contributed by atoms with E-state index in [2.05, 4.69) is 4.18 Å². The summed E-state index contributed by atoms with van der Waals surface area (Å²) in [6.45, 7) is 2.98. The van der Waals surface area contributed by atoms with Crippen LogP contribution in [-0.4, -0.2) is 25.6 Å². The fraction of sp³-hybridized carbons (Fsp3) is 0.300. The van der Waals surface area contributed by atoms with Gasteiger partial charge in [0.25, 0.3) is 10.1 Å². The minimum Gasteiger partial charge on any atom is -0.479 e. The van der Waals surface area contributed by atoms with Crippen molar-refractivity contribution in [2.24, 2.45) is 0 Å². The molecular formula is C10H12O5S. The van der Waals surface area contributed by atoms with Gasteiger partial charge in [0.15, 0.2) is 6.10 Å². The average molecular weight is 244 g/mol.